The zero-order valence-corrected chi connectivity index (χ0v) is 18.0. The number of hydrogen-bond acceptors (Lipinski definition) is 5. The Hall–Kier alpha value is -1.13. The van der Waals surface area contributed by atoms with Crippen molar-refractivity contribution in [3.63, 3.8) is 0 Å². The van der Waals surface area contributed by atoms with Crippen LogP contribution in [0, 0.1) is 5.92 Å². The first-order valence-electron chi connectivity index (χ1n) is 9.26. The fraction of sp³-hybridized carbons (Fsp3) is 0.600. The molecule has 2 aliphatic rings. The summed E-state index contributed by atoms with van der Waals surface area (Å²) in [5.41, 5.74) is 0.648. The van der Waals surface area contributed by atoms with Crippen LogP contribution in [-0.4, -0.2) is 52.9 Å². The zero-order chi connectivity index (χ0) is 18.7. The second-order valence-corrected chi connectivity index (χ2v) is 9.35. The molecule has 1 aromatic carbocycles. The molecule has 150 valence electrons. The van der Waals surface area contributed by atoms with E-state index in [1.165, 1.54) is 18.4 Å². The van der Waals surface area contributed by atoms with Crippen LogP contribution in [0.15, 0.2) is 30.3 Å². The molecule has 0 unspecified atom stereocenters. The maximum atomic E-state index is 13.0. The fourth-order valence-electron chi connectivity index (χ4n) is 3.05. The molecule has 1 saturated heterocycles. The van der Waals surface area contributed by atoms with Crippen molar-refractivity contribution in [1.29, 1.82) is 0 Å². The fourth-order valence-corrected chi connectivity index (χ4v) is 4.33. The Balaban J connectivity index is 0.00000196. The number of ether oxygens (including phenoxy) is 1. The molecule has 28 heavy (non-hydrogen) atoms. The van der Waals surface area contributed by atoms with E-state index in [2.05, 4.69) is 17.4 Å². The summed E-state index contributed by atoms with van der Waals surface area (Å²) in [6.07, 6.45) is 1.86. The molecule has 0 aromatic heterocycles. The Kier molecular flexibility index (Phi) is 9.42. The number of alkyl carbamates (subject to hydrolysis) is 1. The summed E-state index contributed by atoms with van der Waals surface area (Å²) in [6, 6.07) is 9.75. The first kappa shape index (κ1) is 24.9. The second kappa shape index (κ2) is 10.6. The third kappa shape index (κ3) is 7.36. The number of thioether (sulfide) groups is 1. The predicted molar refractivity (Wildman–Crippen MR) is 106 cm³/mol. The topological polar surface area (TPSA) is 88.6 Å². The van der Waals surface area contributed by atoms with Crippen molar-refractivity contribution in [2.45, 2.75) is 50.5 Å². The van der Waals surface area contributed by atoms with Gasteiger partial charge < -0.3 is 20.4 Å². The Morgan fingerprint density at radius 3 is 2.46 bits per heavy atom. The third-order valence-electron chi connectivity index (χ3n) is 4.50. The zero-order valence-electron chi connectivity index (χ0n) is 17.2. The van der Waals surface area contributed by atoms with Crippen molar-refractivity contribution in [2.24, 2.45) is 5.92 Å². The maximum Gasteiger partial charge on any atom is 1.00 e. The molecule has 0 radical (unpaired) electrons. The van der Waals surface area contributed by atoms with Crippen LogP contribution in [0.5, 0.6) is 0 Å². The molecule has 2 fully saturated rings. The smallest absolute Gasteiger partial charge is 0.870 e. The van der Waals surface area contributed by atoms with Gasteiger partial charge in [0.2, 0.25) is 5.91 Å². The minimum Gasteiger partial charge on any atom is -0.870 e. The normalized spacial score (nSPS) is 22.4. The third-order valence-corrected chi connectivity index (χ3v) is 5.85. The maximum absolute atomic E-state index is 13.0. The molecular formula is C20H29LiN2O4S. The molecule has 0 bridgehead atoms. The van der Waals surface area contributed by atoms with Gasteiger partial charge in [-0.2, -0.15) is 0 Å². The SMILES string of the molecule is CC(C)(C)OC(=O)N[C@@H]1CS[C@@H](c2ccccc2)CN(CC2CC2)C1=O.[Li+].[OH-]. The van der Waals surface area contributed by atoms with E-state index in [0.29, 0.717) is 18.2 Å². The average molecular weight is 400 g/mol. The summed E-state index contributed by atoms with van der Waals surface area (Å²) >= 11 is 1.73. The number of nitrogens with zero attached hydrogens (tertiary/aromatic N) is 1. The summed E-state index contributed by atoms with van der Waals surface area (Å²) in [5, 5.41) is 3.01. The molecule has 1 heterocycles. The van der Waals surface area contributed by atoms with Gasteiger partial charge in [-0.1, -0.05) is 30.3 Å². The van der Waals surface area contributed by atoms with E-state index in [9.17, 15) is 9.59 Å². The van der Waals surface area contributed by atoms with Gasteiger partial charge in [0.05, 0.1) is 0 Å². The average Bonchev–Trinajstić information content (AvgIpc) is 3.39. The molecule has 1 aromatic rings. The van der Waals surface area contributed by atoms with Gasteiger partial charge in [-0.25, -0.2) is 4.79 Å². The number of nitrogens with one attached hydrogen (secondary N) is 1. The molecule has 1 aliphatic heterocycles. The molecule has 1 aliphatic carbocycles. The van der Waals surface area contributed by atoms with Gasteiger partial charge in [0.15, 0.2) is 0 Å². The summed E-state index contributed by atoms with van der Waals surface area (Å²) in [6.45, 7) is 6.94. The van der Waals surface area contributed by atoms with Gasteiger partial charge in [-0.15, -0.1) is 11.8 Å². The minimum atomic E-state index is -0.578. The van der Waals surface area contributed by atoms with Crippen molar-refractivity contribution in [1.82, 2.24) is 10.2 Å². The van der Waals surface area contributed by atoms with Crippen LogP contribution < -0.4 is 24.2 Å². The molecule has 3 rings (SSSR count). The number of hydrogen-bond donors (Lipinski definition) is 1. The van der Waals surface area contributed by atoms with Crippen molar-refractivity contribution < 1.29 is 38.7 Å². The van der Waals surface area contributed by atoms with Crippen LogP contribution in [0.25, 0.3) is 0 Å². The monoisotopic (exact) mass is 400 g/mol. The molecule has 2 amide bonds. The number of carbonyl (C=O) groups excluding carboxylic acids is 2. The van der Waals surface area contributed by atoms with Crippen LogP contribution in [0.4, 0.5) is 4.79 Å². The van der Waals surface area contributed by atoms with E-state index in [1.54, 1.807) is 11.8 Å². The van der Waals surface area contributed by atoms with Gasteiger partial charge in [0.1, 0.15) is 11.6 Å². The molecule has 0 spiro atoms. The van der Waals surface area contributed by atoms with E-state index < -0.39 is 17.7 Å². The standard InChI is InChI=1S/C20H28N2O3S.Li.H2O/c1-20(2,3)25-19(24)21-16-13-26-17(15-7-5-4-6-8-15)12-22(18(16)23)11-14-9-10-14;;/h4-8,14,16-17H,9-13H2,1-3H3,(H,21,24);;1H2/q;+1;/p-1/t16-,17-;;/m1../s1. The van der Waals surface area contributed by atoms with Gasteiger partial charge >= 0.3 is 25.0 Å². The van der Waals surface area contributed by atoms with Gasteiger partial charge in [-0.3, -0.25) is 4.79 Å². The molecule has 8 heteroatoms. The van der Waals surface area contributed by atoms with Crippen LogP contribution in [0.1, 0.15) is 44.4 Å². The van der Waals surface area contributed by atoms with Crippen LogP contribution in [-0.2, 0) is 9.53 Å². The summed E-state index contributed by atoms with van der Waals surface area (Å²) < 4.78 is 5.34. The van der Waals surface area contributed by atoms with Crippen LogP contribution >= 0.6 is 11.8 Å². The van der Waals surface area contributed by atoms with Gasteiger partial charge in [0.25, 0.3) is 0 Å². The Morgan fingerprint density at radius 1 is 1.25 bits per heavy atom. The Morgan fingerprint density at radius 2 is 1.89 bits per heavy atom. The summed E-state index contributed by atoms with van der Waals surface area (Å²) in [7, 11) is 0. The Bertz CT molecular complexity index is 649. The molecule has 2 N–H and O–H groups in total. The van der Waals surface area contributed by atoms with Gasteiger partial charge in [-0.05, 0) is 45.1 Å². The number of benzene rings is 1. The summed E-state index contributed by atoms with van der Waals surface area (Å²) in [5.74, 6) is 1.17. The molecular weight excluding hydrogens is 371 g/mol. The number of amides is 2. The van der Waals surface area contributed by atoms with Crippen molar-refractivity contribution in [3.05, 3.63) is 35.9 Å². The summed E-state index contributed by atoms with van der Waals surface area (Å²) in [4.78, 5) is 27.1. The minimum absolute atomic E-state index is 0. The van der Waals surface area contributed by atoms with Crippen LogP contribution in [0.3, 0.4) is 0 Å². The van der Waals surface area contributed by atoms with Crippen molar-refractivity contribution in [3.8, 4) is 0 Å². The molecule has 1 saturated carbocycles. The molecule has 6 nitrogen and oxygen atoms in total. The van der Waals surface area contributed by atoms with E-state index in [4.69, 9.17) is 4.74 Å². The Labute approximate surface area is 183 Å². The van der Waals surface area contributed by atoms with Crippen LogP contribution in [0.2, 0.25) is 0 Å². The predicted octanol–water partition coefficient (Wildman–Crippen LogP) is 0.434. The van der Waals surface area contributed by atoms with Gasteiger partial charge in [0, 0.05) is 24.1 Å². The van der Waals surface area contributed by atoms with E-state index >= 15 is 0 Å². The molecule has 2 atom stereocenters. The first-order valence-corrected chi connectivity index (χ1v) is 10.3. The van der Waals surface area contributed by atoms with E-state index in [1.807, 2.05) is 43.9 Å². The van der Waals surface area contributed by atoms with Crippen molar-refractivity contribution >= 4 is 23.8 Å². The van der Waals surface area contributed by atoms with E-state index in [-0.39, 0.29) is 35.5 Å². The number of rotatable bonds is 4. The first-order chi connectivity index (χ1) is 12.3. The quantitative estimate of drug-likeness (QED) is 0.741. The number of carbonyl (C=O) groups is 2. The van der Waals surface area contributed by atoms with Crippen molar-refractivity contribution in [2.75, 3.05) is 18.8 Å². The van der Waals surface area contributed by atoms with E-state index in [0.717, 1.165) is 6.54 Å². The second-order valence-electron chi connectivity index (χ2n) is 8.12. The largest absolute Gasteiger partial charge is 1.00 e.